The number of hydrogen-bond donors (Lipinski definition) is 1. The van der Waals surface area contributed by atoms with Crippen LogP contribution in [0.25, 0.3) is 33.8 Å². The zero-order chi connectivity index (χ0) is 19.8. The van der Waals surface area contributed by atoms with Gasteiger partial charge < -0.3 is 10.3 Å². The minimum atomic E-state index is 0.248. The molecule has 4 heterocycles. The number of hydrogen-bond acceptors (Lipinski definition) is 6. The molecule has 7 heteroatoms. The number of pyridine rings is 1. The number of imidazole rings is 1. The quantitative estimate of drug-likeness (QED) is 0.580. The fraction of sp³-hybridized carbons (Fsp3) is 0.273. The van der Waals surface area contributed by atoms with Gasteiger partial charge in [-0.3, -0.25) is 9.88 Å². The van der Waals surface area contributed by atoms with E-state index in [9.17, 15) is 0 Å². The summed E-state index contributed by atoms with van der Waals surface area (Å²) in [5, 5.41) is 0. The first-order chi connectivity index (χ1) is 14.2. The Bertz CT molecular complexity index is 1140. The van der Waals surface area contributed by atoms with E-state index < -0.39 is 0 Å². The Morgan fingerprint density at radius 1 is 0.897 bits per heavy atom. The van der Waals surface area contributed by atoms with Crippen molar-refractivity contribution in [1.29, 1.82) is 0 Å². The van der Waals surface area contributed by atoms with Gasteiger partial charge >= 0.3 is 0 Å². The highest BCUT2D eigenvalue weighted by atomic mass is 15.2. The van der Waals surface area contributed by atoms with E-state index in [0.717, 1.165) is 40.4 Å². The topological polar surface area (TPSA) is 85.8 Å². The summed E-state index contributed by atoms with van der Waals surface area (Å²) in [6.07, 6.45) is 6.12. The first-order valence-corrected chi connectivity index (χ1v) is 9.91. The summed E-state index contributed by atoms with van der Waals surface area (Å²) < 4.78 is 1.95. The fourth-order valence-corrected chi connectivity index (χ4v) is 4.01. The number of nitrogens with two attached hydrogens (primary N) is 1. The second-order valence-electron chi connectivity index (χ2n) is 7.51. The van der Waals surface area contributed by atoms with Gasteiger partial charge in [-0.2, -0.15) is 4.98 Å². The molecule has 1 saturated heterocycles. The van der Waals surface area contributed by atoms with Crippen LogP contribution in [0.1, 0.15) is 18.4 Å². The zero-order valence-electron chi connectivity index (χ0n) is 16.4. The number of anilines is 1. The van der Waals surface area contributed by atoms with Crippen molar-refractivity contribution >= 4 is 17.1 Å². The Balaban J connectivity index is 1.56. The van der Waals surface area contributed by atoms with Crippen LogP contribution in [-0.2, 0) is 13.6 Å². The molecule has 2 N–H and O–H groups in total. The maximum Gasteiger partial charge on any atom is 0.222 e. The molecule has 0 atom stereocenters. The number of nitrogens with zero attached hydrogens (tertiary/aromatic N) is 6. The first-order valence-electron chi connectivity index (χ1n) is 9.91. The zero-order valence-corrected chi connectivity index (χ0v) is 16.4. The van der Waals surface area contributed by atoms with Crippen LogP contribution in [-0.4, -0.2) is 42.5 Å². The molecule has 1 aliphatic rings. The lowest BCUT2D eigenvalue weighted by Gasteiger charge is -2.14. The van der Waals surface area contributed by atoms with Gasteiger partial charge in [0.2, 0.25) is 5.95 Å². The molecule has 0 aliphatic carbocycles. The molecule has 146 valence electrons. The maximum absolute atomic E-state index is 6.04. The summed E-state index contributed by atoms with van der Waals surface area (Å²) in [5.74, 6) is 1.06. The molecular weight excluding hydrogens is 362 g/mol. The predicted molar refractivity (Wildman–Crippen MR) is 114 cm³/mol. The molecule has 0 unspecified atom stereocenters. The van der Waals surface area contributed by atoms with Gasteiger partial charge in [0.15, 0.2) is 5.65 Å². The van der Waals surface area contributed by atoms with E-state index in [4.69, 9.17) is 10.7 Å². The third kappa shape index (κ3) is 3.34. The van der Waals surface area contributed by atoms with E-state index in [1.807, 2.05) is 23.7 Å². The average Bonchev–Trinajstić information content (AvgIpc) is 3.37. The molecule has 0 bridgehead atoms. The van der Waals surface area contributed by atoms with Gasteiger partial charge in [0.25, 0.3) is 0 Å². The van der Waals surface area contributed by atoms with Gasteiger partial charge in [0.1, 0.15) is 17.0 Å². The van der Waals surface area contributed by atoms with Crippen LogP contribution >= 0.6 is 0 Å². The predicted octanol–water partition coefficient (Wildman–Crippen LogP) is 3.27. The Morgan fingerprint density at radius 3 is 2.34 bits per heavy atom. The normalized spacial score (nSPS) is 14.7. The number of rotatable bonds is 4. The van der Waals surface area contributed by atoms with Crippen LogP contribution in [0.15, 0.2) is 48.8 Å². The average molecular weight is 385 g/mol. The van der Waals surface area contributed by atoms with Crippen LogP contribution in [0, 0.1) is 0 Å². The standard InChI is InChI=1S/C22H23N7/c1-28-20(17-8-10-24-11-9-17)25-19-18(26-22(23)27-21(19)28)16-6-4-15(5-7-16)14-29-12-2-3-13-29/h4-11H,2-3,12-14H2,1H3,(H2,23,26,27). The lowest BCUT2D eigenvalue weighted by Crippen LogP contribution is -2.18. The molecule has 29 heavy (non-hydrogen) atoms. The SMILES string of the molecule is Cn1c(-c2ccncc2)nc2c(-c3ccc(CN4CCCC4)cc3)nc(N)nc21. The summed E-state index contributed by atoms with van der Waals surface area (Å²) in [4.78, 5) is 20.4. The summed E-state index contributed by atoms with van der Waals surface area (Å²) in [5.41, 5.74) is 11.6. The second-order valence-corrected chi connectivity index (χ2v) is 7.51. The van der Waals surface area contributed by atoms with Crippen molar-refractivity contribution in [3.63, 3.8) is 0 Å². The van der Waals surface area contributed by atoms with E-state index in [0.29, 0.717) is 0 Å². The highest BCUT2D eigenvalue weighted by Gasteiger charge is 2.18. The maximum atomic E-state index is 6.04. The molecule has 0 radical (unpaired) electrons. The van der Waals surface area contributed by atoms with Crippen molar-refractivity contribution in [3.8, 4) is 22.6 Å². The number of likely N-dealkylation sites (tertiary alicyclic amines) is 1. The first kappa shape index (κ1) is 17.8. The van der Waals surface area contributed by atoms with Crippen LogP contribution in [0.2, 0.25) is 0 Å². The molecule has 1 fully saturated rings. The van der Waals surface area contributed by atoms with Crippen molar-refractivity contribution in [2.75, 3.05) is 18.8 Å². The second kappa shape index (κ2) is 7.25. The summed E-state index contributed by atoms with van der Waals surface area (Å²) in [6.45, 7) is 3.38. The third-order valence-corrected chi connectivity index (χ3v) is 5.51. The van der Waals surface area contributed by atoms with Crippen molar-refractivity contribution < 1.29 is 0 Å². The van der Waals surface area contributed by atoms with Crippen molar-refractivity contribution in [1.82, 2.24) is 29.4 Å². The Kier molecular flexibility index (Phi) is 4.44. The highest BCUT2D eigenvalue weighted by molar-refractivity contribution is 5.90. The molecule has 1 aromatic carbocycles. The van der Waals surface area contributed by atoms with Crippen molar-refractivity contribution in [3.05, 3.63) is 54.4 Å². The van der Waals surface area contributed by atoms with Crippen LogP contribution in [0.5, 0.6) is 0 Å². The van der Waals surface area contributed by atoms with E-state index in [2.05, 4.69) is 44.1 Å². The molecule has 4 aromatic rings. The van der Waals surface area contributed by atoms with E-state index in [1.165, 1.54) is 31.5 Å². The number of benzene rings is 1. The van der Waals surface area contributed by atoms with Gasteiger partial charge in [-0.05, 0) is 43.6 Å². The number of aromatic nitrogens is 5. The van der Waals surface area contributed by atoms with Crippen LogP contribution in [0.4, 0.5) is 5.95 Å². The molecule has 0 spiro atoms. The van der Waals surface area contributed by atoms with E-state index in [1.54, 1.807) is 12.4 Å². The lowest BCUT2D eigenvalue weighted by molar-refractivity contribution is 0.331. The van der Waals surface area contributed by atoms with Gasteiger partial charge in [-0.1, -0.05) is 24.3 Å². The van der Waals surface area contributed by atoms with Crippen LogP contribution < -0.4 is 5.73 Å². The third-order valence-electron chi connectivity index (χ3n) is 5.51. The molecule has 3 aromatic heterocycles. The van der Waals surface area contributed by atoms with E-state index in [-0.39, 0.29) is 5.95 Å². The smallest absolute Gasteiger partial charge is 0.222 e. The molecule has 0 saturated carbocycles. The number of aryl methyl sites for hydroxylation is 1. The Hall–Kier alpha value is -3.32. The van der Waals surface area contributed by atoms with Gasteiger partial charge in [0, 0.05) is 37.1 Å². The van der Waals surface area contributed by atoms with Gasteiger partial charge in [0.05, 0.1) is 0 Å². The van der Waals surface area contributed by atoms with Crippen LogP contribution in [0.3, 0.4) is 0 Å². The summed E-state index contributed by atoms with van der Waals surface area (Å²) in [7, 11) is 1.94. The molecule has 0 amide bonds. The lowest BCUT2D eigenvalue weighted by atomic mass is 10.1. The Morgan fingerprint density at radius 2 is 1.62 bits per heavy atom. The minimum absolute atomic E-state index is 0.248. The monoisotopic (exact) mass is 385 g/mol. The van der Waals surface area contributed by atoms with Gasteiger partial charge in [-0.25, -0.2) is 9.97 Å². The molecule has 5 rings (SSSR count). The van der Waals surface area contributed by atoms with E-state index >= 15 is 0 Å². The summed E-state index contributed by atoms with van der Waals surface area (Å²) >= 11 is 0. The number of fused-ring (bicyclic) bond motifs is 1. The Labute approximate surface area is 169 Å². The molecular formula is C22H23N7. The van der Waals surface area contributed by atoms with Crippen molar-refractivity contribution in [2.24, 2.45) is 7.05 Å². The largest absolute Gasteiger partial charge is 0.368 e. The number of nitrogen functional groups attached to an aromatic ring is 1. The van der Waals surface area contributed by atoms with Crippen molar-refractivity contribution in [2.45, 2.75) is 19.4 Å². The molecule has 7 nitrogen and oxygen atoms in total. The minimum Gasteiger partial charge on any atom is -0.368 e. The summed E-state index contributed by atoms with van der Waals surface area (Å²) in [6, 6.07) is 12.4. The van der Waals surface area contributed by atoms with Gasteiger partial charge in [-0.15, -0.1) is 0 Å². The molecule has 1 aliphatic heterocycles. The fourth-order valence-electron chi connectivity index (χ4n) is 4.01. The highest BCUT2D eigenvalue weighted by Crippen LogP contribution is 2.30.